The number of aliphatic hydroxyl groups excluding tert-OH is 1. The molecule has 16 nitrogen and oxygen atoms in total. The van der Waals surface area contributed by atoms with Gasteiger partial charge in [-0.25, -0.2) is 14.6 Å². The average Bonchev–Trinajstić information content (AvgIpc) is 3.53. The molecule has 0 spiro atoms. The molecular formula is C43H55N5O11S. The van der Waals surface area contributed by atoms with Crippen LogP contribution in [0.1, 0.15) is 35.7 Å². The summed E-state index contributed by atoms with van der Waals surface area (Å²) in [6.45, 7) is 5.40. The topological polar surface area (TPSA) is 199 Å². The van der Waals surface area contributed by atoms with Gasteiger partial charge in [0.2, 0.25) is 0 Å². The Hall–Kier alpha value is -5.59. The van der Waals surface area contributed by atoms with Crippen LogP contribution in [0.3, 0.4) is 0 Å². The quantitative estimate of drug-likeness (QED) is 0.0465. The van der Waals surface area contributed by atoms with Crippen molar-refractivity contribution in [2.45, 2.75) is 19.8 Å². The van der Waals surface area contributed by atoms with Crippen LogP contribution >= 0.6 is 11.8 Å². The van der Waals surface area contributed by atoms with Crippen molar-refractivity contribution in [3.8, 4) is 11.5 Å². The number of anilines is 2. The lowest BCUT2D eigenvalue weighted by atomic mass is 10.1. The van der Waals surface area contributed by atoms with Gasteiger partial charge in [-0.3, -0.25) is 10.1 Å². The van der Waals surface area contributed by atoms with Gasteiger partial charge in [-0.05, 0) is 94.5 Å². The molecule has 0 aromatic heterocycles. The Morgan fingerprint density at radius 2 is 1.52 bits per heavy atom. The van der Waals surface area contributed by atoms with E-state index in [2.05, 4.69) is 25.8 Å². The second-order valence-corrected chi connectivity index (χ2v) is 14.3. The van der Waals surface area contributed by atoms with Crippen LogP contribution in [0.15, 0.2) is 88.0 Å². The third-order valence-electron chi connectivity index (χ3n) is 8.36. The van der Waals surface area contributed by atoms with E-state index < -0.39 is 12.1 Å². The largest absolute Gasteiger partial charge is 0.506 e. The number of benzene rings is 3. The van der Waals surface area contributed by atoms with Crippen molar-refractivity contribution in [1.82, 2.24) is 10.2 Å². The van der Waals surface area contributed by atoms with Crippen LogP contribution in [-0.2, 0) is 28.5 Å². The molecule has 0 radical (unpaired) electrons. The molecule has 60 heavy (non-hydrogen) atoms. The van der Waals surface area contributed by atoms with Crippen LogP contribution in [0.2, 0.25) is 0 Å². The number of aliphatic hydroxyl groups is 1. The lowest BCUT2D eigenvalue weighted by Crippen LogP contribution is -2.28. The number of carbonyl (C=O) groups excluding carboxylic acids is 3. The van der Waals surface area contributed by atoms with E-state index in [-0.39, 0.29) is 61.7 Å². The first-order chi connectivity index (χ1) is 29.1. The number of ether oxygens (including phenoxy) is 6. The summed E-state index contributed by atoms with van der Waals surface area (Å²) in [7, 11) is 5.71. The minimum atomic E-state index is -0.674. The van der Waals surface area contributed by atoms with Gasteiger partial charge in [0.25, 0.3) is 5.91 Å². The highest BCUT2D eigenvalue weighted by molar-refractivity contribution is 8.18. The zero-order valence-electron chi connectivity index (χ0n) is 34.5. The Balaban J connectivity index is 1.08. The SMILES string of the molecule is CCOC(=O)C1=C(O)/C(=C/c2ccc(OCCOCCOCCOCCNC(=O)c3cc(NC)cc(NC(=O)OCCCCN(C)C)c3)c(O)c2)SC1=Nc1ccccc1. The van der Waals surface area contributed by atoms with Gasteiger partial charge in [0.15, 0.2) is 11.5 Å². The van der Waals surface area contributed by atoms with E-state index in [0.717, 1.165) is 31.1 Å². The Kier molecular flexibility index (Phi) is 20.2. The number of phenols is 1. The monoisotopic (exact) mass is 849 g/mol. The number of nitrogens with zero attached hydrogens (tertiary/aromatic N) is 2. The van der Waals surface area contributed by atoms with E-state index in [1.54, 1.807) is 62.5 Å². The number of carbonyl (C=O) groups is 3. The number of thioether (sulfide) groups is 1. The first-order valence-corrected chi connectivity index (χ1v) is 20.4. The molecule has 0 atom stereocenters. The maximum absolute atomic E-state index is 12.8. The van der Waals surface area contributed by atoms with Gasteiger partial charge in [-0.1, -0.05) is 36.0 Å². The summed E-state index contributed by atoms with van der Waals surface area (Å²) in [4.78, 5) is 44.7. The Morgan fingerprint density at radius 1 is 0.817 bits per heavy atom. The maximum Gasteiger partial charge on any atom is 0.411 e. The molecule has 1 aliphatic rings. The third kappa shape index (κ3) is 16.2. The van der Waals surface area contributed by atoms with Crippen LogP contribution in [0.4, 0.5) is 21.9 Å². The van der Waals surface area contributed by atoms with Gasteiger partial charge < -0.3 is 54.2 Å². The van der Waals surface area contributed by atoms with Gasteiger partial charge in [0, 0.05) is 30.5 Å². The molecule has 0 unspecified atom stereocenters. The highest BCUT2D eigenvalue weighted by Gasteiger charge is 2.33. The molecule has 2 amide bonds. The summed E-state index contributed by atoms with van der Waals surface area (Å²) in [5.41, 5.74) is 2.64. The van der Waals surface area contributed by atoms with Crippen LogP contribution in [0.25, 0.3) is 6.08 Å². The highest BCUT2D eigenvalue weighted by Crippen LogP contribution is 2.41. The minimum Gasteiger partial charge on any atom is -0.506 e. The van der Waals surface area contributed by atoms with Gasteiger partial charge in [0.1, 0.15) is 23.0 Å². The molecule has 17 heteroatoms. The van der Waals surface area contributed by atoms with Gasteiger partial charge in [-0.2, -0.15) is 0 Å². The van der Waals surface area contributed by atoms with Crippen molar-refractivity contribution in [3.63, 3.8) is 0 Å². The van der Waals surface area contributed by atoms with Crippen molar-refractivity contribution < 1.29 is 53.0 Å². The number of nitrogens with one attached hydrogen (secondary N) is 3. The normalized spacial score (nSPS) is 13.8. The van der Waals surface area contributed by atoms with E-state index in [4.69, 9.17) is 28.4 Å². The van der Waals surface area contributed by atoms with Crippen LogP contribution in [0, 0.1) is 0 Å². The highest BCUT2D eigenvalue weighted by atomic mass is 32.2. The lowest BCUT2D eigenvalue weighted by molar-refractivity contribution is -0.138. The number of hydrogen-bond donors (Lipinski definition) is 5. The number of amides is 2. The number of rotatable bonds is 25. The summed E-state index contributed by atoms with van der Waals surface area (Å²) in [5, 5.41) is 30.3. The van der Waals surface area contributed by atoms with E-state index in [0.29, 0.717) is 71.2 Å². The molecule has 0 fully saturated rings. The second kappa shape index (κ2) is 25.8. The fourth-order valence-electron chi connectivity index (χ4n) is 5.42. The molecule has 0 saturated heterocycles. The number of phenolic OH excluding ortho intramolecular Hbond substituents is 1. The predicted molar refractivity (Wildman–Crippen MR) is 233 cm³/mol. The number of unbranched alkanes of at least 4 members (excludes halogenated alkanes) is 1. The third-order valence-corrected chi connectivity index (χ3v) is 9.38. The molecule has 3 aromatic carbocycles. The Bertz CT molecular complexity index is 1960. The van der Waals surface area contributed by atoms with Gasteiger partial charge in [0.05, 0.1) is 63.4 Å². The lowest BCUT2D eigenvalue weighted by Gasteiger charge is -2.12. The van der Waals surface area contributed by atoms with Crippen molar-refractivity contribution in [2.75, 3.05) is 104 Å². The number of aromatic hydroxyl groups is 1. The molecule has 0 saturated carbocycles. The zero-order chi connectivity index (χ0) is 43.1. The van der Waals surface area contributed by atoms with Crippen LogP contribution in [0.5, 0.6) is 11.5 Å². The number of para-hydroxylation sites is 1. The van der Waals surface area contributed by atoms with E-state index in [1.165, 1.54) is 6.07 Å². The maximum atomic E-state index is 12.8. The molecule has 5 N–H and O–H groups in total. The predicted octanol–water partition coefficient (Wildman–Crippen LogP) is 6.38. The second-order valence-electron chi connectivity index (χ2n) is 13.3. The van der Waals surface area contributed by atoms with Crippen molar-refractivity contribution >= 4 is 57.9 Å². The molecular weight excluding hydrogens is 795 g/mol. The molecule has 324 valence electrons. The standard InChI is InChI=1S/C43H55N5O11S/c1-5-57-42(52)38-39(50)37(60-41(38)46-32-11-7-6-8-12-32)26-30-13-14-36(35(49)25-30)58-24-23-56-22-21-55-20-19-54-18-15-45-40(51)31-27-33(44-2)29-34(28-31)47-43(53)59-17-10-9-16-48(3)4/h6-8,11-14,25-29,44,49-50H,5,9-10,15-24H2,1-4H3,(H,45,51)(H,47,53)/b37-26-,46-41?. The zero-order valence-corrected chi connectivity index (χ0v) is 35.3. The summed E-state index contributed by atoms with van der Waals surface area (Å²) >= 11 is 1.13. The first-order valence-electron chi connectivity index (χ1n) is 19.6. The number of aliphatic imine (C=N–C) groups is 1. The van der Waals surface area contributed by atoms with Crippen LogP contribution in [-0.4, -0.2) is 132 Å². The summed E-state index contributed by atoms with van der Waals surface area (Å²) < 4.78 is 32.7. The van der Waals surface area contributed by atoms with Crippen molar-refractivity contribution in [1.29, 1.82) is 0 Å². The van der Waals surface area contributed by atoms with E-state index >= 15 is 0 Å². The van der Waals surface area contributed by atoms with Crippen molar-refractivity contribution in [2.24, 2.45) is 4.99 Å². The average molecular weight is 850 g/mol. The molecule has 0 bridgehead atoms. The minimum absolute atomic E-state index is 0.0146. The molecule has 3 aromatic rings. The number of esters is 1. The summed E-state index contributed by atoms with van der Waals surface area (Å²) in [6.07, 6.45) is 2.74. The van der Waals surface area contributed by atoms with Crippen molar-refractivity contribution in [3.05, 3.63) is 94.1 Å². The fourth-order valence-corrected chi connectivity index (χ4v) is 6.46. The smallest absolute Gasteiger partial charge is 0.411 e. The fraction of sp³-hybridized carbons (Fsp3) is 0.395. The molecule has 1 aliphatic heterocycles. The summed E-state index contributed by atoms with van der Waals surface area (Å²) in [5.74, 6) is -1.08. The van der Waals surface area contributed by atoms with Gasteiger partial charge >= 0.3 is 12.1 Å². The molecule has 0 aliphatic carbocycles. The number of hydrogen-bond acceptors (Lipinski definition) is 15. The van der Waals surface area contributed by atoms with E-state index in [9.17, 15) is 24.6 Å². The molecule has 1 heterocycles. The molecule has 4 rings (SSSR count). The van der Waals surface area contributed by atoms with Crippen LogP contribution < -0.4 is 20.7 Å². The Morgan fingerprint density at radius 3 is 2.20 bits per heavy atom. The first kappa shape index (κ1) is 47.1. The summed E-state index contributed by atoms with van der Waals surface area (Å²) in [6, 6.07) is 18.9. The van der Waals surface area contributed by atoms with E-state index in [1.807, 2.05) is 32.3 Å². The Labute approximate surface area is 354 Å². The van der Waals surface area contributed by atoms with Gasteiger partial charge in [-0.15, -0.1) is 0 Å².